The van der Waals surface area contributed by atoms with Crippen LogP contribution < -0.4 is 5.32 Å². The highest BCUT2D eigenvalue weighted by molar-refractivity contribution is 4.74. The normalized spacial score (nSPS) is 15.5. The molecule has 104 valence electrons. The number of nitrogens with zero attached hydrogens (tertiary/aromatic N) is 1. The van der Waals surface area contributed by atoms with Crippen LogP contribution in [0.5, 0.6) is 0 Å². The number of hydrogen-bond acceptors (Lipinski definition) is 2. The van der Waals surface area contributed by atoms with Crippen molar-refractivity contribution in [3.63, 3.8) is 0 Å². The fourth-order valence-corrected chi connectivity index (χ4v) is 2.22. The Bertz CT molecular complexity index is 162. The van der Waals surface area contributed by atoms with Gasteiger partial charge in [-0.1, -0.05) is 34.6 Å². The Morgan fingerprint density at radius 3 is 1.82 bits per heavy atom. The third-order valence-electron chi connectivity index (χ3n) is 3.44. The first-order chi connectivity index (χ1) is 8.02. The zero-order chi connectivity index (χ0) is 13.3. The van der Waals surface area contributed by atoms with Crippen molar-refractivity contribution in [3.8, 4) is 0 Å². The van der Waals surface area contributed by atoms with Gasteiger partial charge in [-0.3, -0.25) is 0 Å². The highest BCUT2D eigenvalue weighted by Gasteiger charge is 2.18. The van der Waals surface area contributed by atoms with Gasteiger partial charge in [0.05, 0.1) is 0 Å². The van der Waals surface area contributed by atoms with Gasteiger partial charge in [0.1, 0.15) is 0 Å². The van der Waals surface area contributed by atoms with E-state index in [2.05, 4.69) is 51.8 Å². The Hall–Kier alpha value is -0.0800. The Morgan fingerprint density at radius 1 is 0.882 bits per heavy atom. The minimum Gasteiger partial charge on any atom is -0.316 e. The molecule has 0 rings (SSSR count). The molecule has 0 aromatic carbocycles. The van der Waals surface area contributed by atoms with Crippen LogP contribution in [0.2, 0.25) is 0 Å². The average molecular weight is 242 g/mol. The van der Waals surface area contributed by atoms with E-state index < -0.39 is 0 Å². The van der Waals surface area contributed by atoms with E-state index in [-0.39, 0.29) is 0 Å². The monoisotopic (exact) mass is 242 g/mol. The second-order valence-electron chi connectivity index (χ2n) is 5.81. The first-order valence-electron chi connectivity index (χ1n) is 7.47. The molecule has 0 aromatic rings. The molecule has 2 nitrogen and oxygen atoms in total. The third-order valence-corrected chi connectivity index (χ3v) is 3.44. The second kappa shape index (κ2) is 9.90. The Morgan fingerprint density at radius 2 is 1.41 bits per heavy atom. The first kappa shape index (κ1) is 16.9. The molecule has 0 fully saturated rings. The van der Waals surface area contributed by atoms with Crippen molar-refractivity contribution in [1.29, 1.82) is 0 Å². The van der Waals surface area contributed by atoms with E-state index >= 15 is 0 Å². The van der Waals surface area contributed by atoms with Crippen LogP contribution in [0.25, 0.3) is 0 Å². The molecule has 0 spiro atoms. The van der Waals surface area contributed by atoms with Gasteiger partial charge in [-0.15, -0.1) is 0 Å². The largest absolute Gasteiger partial charge is 0.316 e. The van der Waals surface area contributed by atoms with E-state index in [1.807, 2.05) is 0 Å². The van der Waals surface area contributed by atoms with Gasteiger partial charge in [0.2, 0.25) is 0 Å². The van der Waals surface area contributed by atoms with Crippen molar-refractivity contribution < 1.29 is 0 Å². The summed E-state index contributed by atoms with van der Waals surface area (Å²) in [4.78, 5) is 2.64. The van der Waals surface area contributed by atoms with Crippen molar-refractivity contribution in [2.45, 2.75) is 60.4 Å². The topological polar surface area (TPSA) is 15.3 Å². The van der Waals surface area contributed by atoms with E-state index in [4.69, 9.17) is 0 Å². The molecule has 1 N–H and O–H groups in total. The maximum Gasteiger partial charge on any atom is 0.0105 e. The standard InChI is InChI=1S/C15H34N2/c1-7-9-17(10-8-2)15(6)14(5)12-16-11-13(3)4/h13-16H,7-12H2,1-6H3. The second-order valence-corrected chi connectivity index (χ2v) is 5.81. The lowest BCUT2D eigenvalue weighted by Crippen LogP contribution is -2.42. The highest BCUT2D eigenvalue weighted by atomic mass is 15.2. The summed E-state index contributed by atoms with van der Waals surface area (Å²) < 4.78 is 0. The van der Waals surface area contributed by atoms with Gasteiger partial charge in [-0.05, 0) is 57.8 Å². The fourth-order valence-electron chi connectivity index (χ4n) is 2.22. The quantitative estimate of drug-likeness (QED) is 0.632. The van der Waals surface area contributed by atoms with Crippen LogP contribution in [-0.4, -0.2) is 37.1 Å². The molecule has 2 unspecified atom stereocenters. The molecule has 0 bridgehead atoms. The van der Waals surface area contributed by atoms with E-state index in [1.165, 1.54) is 25.9 Å². The zero-order valence-corrected chi connectivity index (χ0v) is 12.9. The lowest BCUT2D eigenvalue weighted by atomic mass is 10.0. The molecule has 17 heavy (non-hydrogen) atoms. The van der Waals surface area contributed by atoms with Crippen LogP contribution in [0.1, 0.15) is 54.4 Å². The van der Waals surface area contributed by atoms with E-state index in [1.54, 1.807) is 0 Å². The summed E-state index contributed by atoms with van der Waals surface area (Å²) in [6.45, 7) is 18.6. The van der Waals surface area contributed by atoms with Crippen LogP contribution >= 0.6 is 0 Å². The van der Waals surface area contributed by atoms with Crippen molar-refractivity contribution in [2.75, 3.05) is 26.2 Å². The lowest BCUT2D eigenvalue weighted by Gasteiger charge is -2.33. The van der Waals surface area contributed by atoms with E-state index in [0.29, 0.717) is 6.04 Å². The van der Waals surface area contributed by atoms with E-state index in [9.17, 15) is 0 Å². The lowest BCUT2D eigenvalue weighted by molar-refractivity contribution is 0.159. The van der Waals surface area contributed by atoms with Crippen molar-refractivity contribution in [1.82, 2.24) is 10.2 Å². The van der Waals surface area contributed by atoms with Gasteiger partial charge < -0.3 is 10.2 Å². The molecule has 0 saturated heterocycles. The van der Waals surface area contributed by atoms with Gasteiger partial charge in [-0.25, -0.2) is 0 Å². The van der Waals surface area contributed by atoms with Crippen LogP contribution in [0.15, 0.2) is 0 Å². The van der Waals surface area contributed by atoms with Crippen LogP contribution in [0.4, 0.5) is 0 Å². The third kappa shape index (κ3) is 7.77. The molecule has 2 atom stereocenters. The van der Waals surface area contributed by atoms with Gasteiger partial charge in [0.25, 0.3) is 0 Å². The minimum absolute atomic E-state index is 0.689. The molecule has 0 amide bonds. The summed E-state index contributed by atoms with van der Waals surface area (Å²) in [7, 11) is 0. The summed E-state index contributed by atoms with van der Waals surface area (Å²) in [6, 6.07) is 0.689. The van der Waals surface area contributed by atoms with Crippen molar-refractivity contribution >= 4 is 0 Å². The maximum atomic E-state index is 3.58. The molecule has 0 heterocycles. The van der Waals surface area contributed by atoms with Crippen molar-refractivity contribution in [2.24, 2.45) is 11.8 Å². The number of hydrogen-bond donors (Lipinski definition) is 1. The predicted molar refractivity (Wildman–Crippen MR) is 78.5 cm³/mol. The summed E-state index contributed by atoms with van der Waals surface area (Å²) in [6.07, 6.45) is 2.52. The molecule has 0 aromatic heterocycles. The van der Waals surface area contributed by atoms with Crippen LogP contribution in [0, 0.1) is 11.8 Å². The molecule has 0 aliphatic rings. The first-order valence-corrected chi connectivity index (χ1v) is 7.47. The van der Waals surface area contributed by atoms with Crippen LogP contribution in [0.3, 0.4) is 0 Å². The van der Waals surface area contributed by atoms with Gasteiger partial charge in [-0.2, -0.15) is 0 Å². The van der Waals surface area contributed by atoms with Crippen LogP contribution in [-0.2, 0) is 0 Å². The zero-order valence-electron chi connectivity index (χ0n) is 12.9. The molecule has 0 radical (unpaired) electrons. The fraction of sp³-hybridized carbons (Fsp3) is 1.00. The van der Waals surface area contributed by atoms with E-state index in [0.717, 1.165) is 24.9 Å². The molecule has 2 heteroatoms. The highest BCUT2D eigenvalue weighted by Crippen LogP contribution is 2.11. The summed E-state index contributed by atoms with van der Waals surface area (Å²) in [5.41, 5.74) is 0. The molecule has 0 aliphatic carbocycles. The summed E-state index contributed by atoms with van der Waals surface area (Å²) in [5.74, 6) is 1.48. The smallest absolute Gasteiger partial charge is 0.0105 e. The molecule has 0 saturated carbocycles. The van der Waals surface area contributed by atoms with Gasteiger partial charge >= 0.3 is 0 Å². The van der Waals surface area contributed by atoms with Gasteiger partial charge in [0, 0.05) is 6.04 Å². The number of rotatable bonds is 10. The predicted octanol–water partition coefficient (Wildman–Crippen LogP) is 3.38. The Kier molecular flexibility index (Phi) is 9.85. The molecular formula is C15H34N2. The molecular weight excluding hydrogens is 208 g/mol. The SMILES string of the molecule is CCCN(CCC)C(C)C(C)CNCC(C)C. The Labute approximate surface area is 109 Å². The summed E-state index contributed by atoms with van der Waals surface area (Å²) in [5, 5.41) is 3.58. The summed E-state index contributed by atoms with van der Waals surface area (Å²) >= 11 is 0. The minimum atomic E-state index is 0.689. The Balaban J connectivity index is 4.00. The number of nitrogens with one attached hydrogen (secondary N) is 1. The van der Waals surface area contributed by atoms with Crippen molar-refractivity contribution in [3.05, 3.63) is 0 Å². The average Bonchev–Trinajstić information content (AvgIpc) is 2.27. The molecule has 0 aliphatic heterocycles. The van der Waals surface area contributed by atoms with Gasteiger partial charge in [0.15, 0.2) is 0 Å². The maximum absolute atomic E-state index is 3.58.